The molecule has 20 heavy (non-hydrogen) atoms. The molecule has 1 aromatic rings. The molecule has 1 aliphatic heterocycles. The molecular weight excluding hydrogens is 252 g/mol. The van der Waals surface area contributed by atoms with E-state index < -0.39 is 0 Å². The molecule has 5 heteroatoms. The molecule has 1 aromatic heterocycles. The second kappa shape index (κ2) is 6.22. The Kier molecular flexibility index (Phi) is 4.60. The Hall–Kier alpha value is -1.62. The predicted molar refractivity (Wildman–Crippen MR) is 81.5 cm³/mol. The fraction of sp³-hybridized carbons (Fsp3) is 0.600. The molecule has 0 amide bonds. The van der Waals surface area contributed by atoms with Gasteiger partial charge in [-0.05, 0) is 39.2 Å². The topological polar surface area (TPSA) is 75.3 Å². The summed E-state index contributed by atoms with van der Waals surface area (Å²) in [5.41, 5.74) is 6.87. The second-order valence-electron chi connectivity index (χ2n) is 5.94. The minimum absolute atomic E-state index is 0.0742. The van der Waals surface area contributed by atoms with Crippen LogP contribution in [0.3, 0.4) is 0 Å². The van der Waals surface area contributed by atoms with Gasteiger partial charge in [-0.1, -0.05) is 11.6 Å². The lowest BCUT2D eigenvalue weighted by Gasteiger charge is -2.42. The zero-order chi connectivity index (χ0) is 14.6. The highest BCUT2D eigenvalue weighted by Gasteiger charge is 2.34. The molecular formula is C15H24N4O. The van der Waals surface area contributed by atoms with Gasteiger partial charge >= 0.3 is 0 Å². The van der Waals surface area contributed by atoms with Crippen molar-refractivity contribution < 1.29 is 5.11 Å². The number of allylic oxidation sites excluding steroid dienone is 2. The highest BCUT2D eigenvalue weighted by Crippen LogP contribution is 2.35. The van der Waals surface area contributed by atoms with Crippen LogP contribution in [0.4, 0.5) is 11.8 Å². The second-order valence-corrected chi connectivity index (χ2v) is 5.94. The Bertz CT molecular complexity index is 485. The number of anilines is 2. The third-order valence-corrected chi connectivity index (χ3v) is 3.92. The highest BCUT2D eigenvalue weighted by atomic mass is 16.3. The van der Waals surface area contributed by atoms with E-state index in [1.165, 1.54) is 5.57 Å². The molecule has 5 nitrogen and oxygen atoms in total. The smallest absolute Gasteiger partial charge is 0.221 e. The van der Waals surface area contributed by atoms with Crippen LogP contribution in [0.15, 0.2) is 23.9 Å². The first-order valence-corrected chi connectivity index (χ1v) is 7.12. The number of piperidine rings is 1. The van der Waals surface area contributed by atoms with Crippen molar-refractivity contribution in [3.63, 3.8) is 0 Å². The Labute approximate surface area is 120 Å². The number of rotatable bonds is 4. The maximum absolute atomic E-state index is 9.86. The average molecular weight is 276 g/mol. The summed E-state index contributed by atoms with van der Waals surface area (Å²) in [5.74, 6) is 1.15. The van der Waals surface area contributed by atoms with E-state index in [-0.39, 0.29) is 12.0 Å². The van der Waals surface area contributed by atoms with Gasteiger partial charge in [-0.15, -0.1) is 0 Å². The van der Waals surface area contributed by atoms with E-state index >= 15 is 0 Å². The lowest BCUT2D eigenvalue weighted by Crippen LogP contribution is -2.45. The van der Waals surface area contributed by atoms with Crippen LogP contribution in [0.25, 0.3) is 0 Å². The Balaban J connectivity index is 2.16. The van der Waals surface area contributed by atoms with Crippen molar-refractivity contribution in [1.29, 1.82) is 0 Å². The van der Waals surface area contributed by atoms with Crippen LogP contribution in [-0.4, -0.2) is 34.8 Å². The molecule has 0 radical (unpaired) electrons. The molecule has 0 aliphatic carbocycles. The maximum Gasteiger partial charge on any atom is 0.221 e. The molecule has 110 valence electrons. The largest absolute Gasteiger partial charge is 0.396 e. The molecule has 0 spiro atoms. The number of nitrogens with zero attached hydrogens (tertiary/aromatic N) is 3. The van der Waals surface area contributed by atoms with Crippen molar-refractivity contribution in [1.82, 2.24) is 9.97 Å². The number of hydrogen-bond acceptors (Lipinski definition) is 5. The number of aromatic nitrogens is 2. The summed E-state index contributed by atoms with van der Waals surface area (Å²) in [6.07, 6.45) is 6.91. The van der Waals surface area contributed by atoms with E-state index in [1.54, 1.807) is 6.20 Å². The van der Waals surface area contributed by atoms with Crippen LogP contribution in [0.5, 0.6) is 0 Å². The van der Waals surface area contributed by atoms with Crippen molar-refractivity contribution in [2.75, 3.05) is 30.3 Å². The minimum Gasteiger partial charge on any atom is -0.396 e. The van der Waals surface area contributed by atoms with E-state index in [0.717, 1.165) is 38.2 Å². The number of aliphatic hydroxyl groups is 1. The summed E-state index contributed by atoms with van der Waals surface area (Å²) >= 11 is 0. The molecule has 2 heterocycles. The van der Waals surface area contributed by atoms with Crippen molar-refractivity contribution in [2.45, 2.75) is 33.1 Å². The fourth-order valence-corrected chi connectivity index (χ4v) is 2.72. The quantitative estimate of drug-likeness (QED) is 0.823. The third kappa shape index (κ3) is 3.48. The van der Waals surface area contributed by atoms with Gasteiger partial charge in [0.25, 0.3) is 0 Å². The number of aliphatic hydroxyl groups excluding tert-OH is 1. The van der Waals surface area contributed by atoms with Crippen molar-refractivity contribution in [2.24, 2.45) is 5.41 Å². The monoisotopic (exact) mass is 276 g/mol. The van der Waals surface area contributed by atoms with Crippen LogP contribution in [-0.2, 0) is 0 Å². The van der Waals surface area contributed by atoms with E-state index in [9.17, 15) is 5.11 Å². The van der Waals surface area contributed by atoms with Gasteiger partial charge in [-0.25, -0.2) is 4.98 Å². The zero-order valence-corrected chi connectivity index (χ0v) is 12.3. The van der Waals surface area contributed by atoms with Crippen LogP contribution < -0.4 is 10.6 Å². The molecule has 0 bridgehead atoms. The Morgan fingerprint density at radius 1 is 1.55 bits per heavy atom. The first-order chi connectivity index (χ1) is 9.54. The van der Waals surface area contributed by atoms with Crippen molar-refractivity contribution in [3.05, 3.63) is 23.9 Å². The number of nitrogen functional groups attached to an aromatic ring is 1. The first-order valence-electron chi connectivity index (χ1n) is 7.12. The summed E-state index contributed by atoms with van der Waals surface area (Å²) in [7, 11) is 0. The van der Waals surface area contributed by atoms with E-state index in [2.05, 4.69) is 34.8 Å². The van der Waals surface area contributed by atoms with Gasteiger partial charge in [-0.3, -0.25) is 0 Å². The summed E-state index contributed by atoms with van der Waals surface area (Å²) in [6.45, 7) is 6.15. The third-order valence-electron chi connectivity index (χ3n) is 3.92. The highest BCUT2D eigenvalue weighted by molar-refractivity contribution is 5.41. The molecule has 1 fully saturated rings. The molecule has 1 saturated heterocycles. The normalized spacial score (nSPS) is 22.6. The van der Waals surface area contributed by atoms with Crippen LogP contribution in [0.1, 0.15) is 33.1 Å². The van der Waals surface area contributed by atoms with Crippen LogP contribution in [0.2, 0.25) is 0 Å². The zero-order valence-electron chi connectivity index (χ0n) is 12.3. The van der Waals surface area contributed by atoms with Gasteiger partial charge in [-0.2, -0.15) is 4.98 Å². The summed E-state index contributed by atoms with van der Waals surface area (Å²) in [5, 5.41) is 9.86. The molecule has 2 rings (SSSR count). The molecule has 0 saturated carbocycles. The van der Waals surface area contributed by atoms with Gasteiger partial charge in [0.05, 0.1) is 6.61 Å². The van der Waals surface area contributed by atoms with Crippen molar-refractivity contribution >= 4 is 11.8 Å². The van der Waals surface area contributed by atoms with E-state index in [0.29, 0.717) is 5.95 Å². The molecule has 0 aromatic carbocycles. The lowest BCUT2D eigenvalue weighted by atomic mass is 9.77. The maximum atomic E-state index is 9.86. The standard InChI is InChI=1S/C15H24N4O/c1-12(2)4-7-15(11-20)6-3-9-19(10-15)13-5-8-17-14(16)18-13/h4-5,8,20H,3,6-7,9-11H2,1-2H3,(H2,16,17,18)/t15-/m0/s1. The van der Waals surface area contributed by atoms with Gasteiger partial charge in [0, 0.05) is 24.7 Å². The molecule has 1 aliphatic rings. The van der Waals surface area contributed by atoms with Crippen molar-refractivity contribution in [3.8, 4) is 0 Å². The summed E-state index contributed by atoms with van der Waals surface area (Å²) in [4.78, 5) is 10.4. The van der Waals surface area contributed by atoms with Crippen LogP contribution >= 0.6 is 0 Å². The Morgan fingerprint density at radius 3 is 3.00 bits per heavy atom. The summed E-state index contributed by atoms with van der Waals surface area (Å²) < 4.78 is 0. The number of nitrogens with two attached hydrogens (primary N) is 1. The molecule has 1 atom stereocenters. The summed E-state index contributed by atoms with van der Waals surface area (Å²) in [6, 6.07) is 1.88. The first kappa shape index (κ1) is 14.8. The van der Waals surface area contributed by atoms with Crippen LogP contribution in [0, 0.1) is 5.41 Å². The molecule has 0 unspecified atom stereocenters. The minimum atomic E-state index is -0.0742. The lowest BCUT2D eigenvalue weighted by molar-refractivity contribution is 0.108. The SMILES string of the molecule is CC(C)=CC[C@@]1(CO)CCCN(c2ccnc(N)n2)C1. The number of hydrogen-bond donors (Lipinski definition) is 2. The molecule has 3 N–H and O–H groups in total. The van der Waals surface area contributed by atoms with Gasteiger partial charge in [0.2, 0.25) is 5.95 Å². The van der Waals surface area contributed by atoms with E-state index in [1.807, 2.05) is 6.07 Å². The average Bonchev–Trinajstić information content (AvgIpc) is 2.45. The Morgan fingerprint density at radius 2 is 2.35 bits per heavy atom. The van der Waals surface area contributed by atoms with Gasteiger partial charge < -0.3 is 15.7 Å². The van der Waals surface area contributed by atoms with Gasteiger partial charge in [0.15, 0.2) is 0 Å². The van der Waals surface area contributed by atoms with E-state index in [4.69, 9.17) is 5.73 Å². The van der Waals surface area contributed by atoms with Gasteiger partial charge in [0.1, 0.15) is 5.82 Å². The predicted octanol–water partition coefficient (Wildman–Crippen LogP) is 1.99. The fourth-order valence-electron chi connectivity index (χ4n) is 2.72.